The van der Waals surface area contributed by atoms with Crippen LogP contribution in [0.25, 0.3) is 0 Å². The molecule has 0 aromatic heterocycles. The number of nitrogens with zero attached hydrogens (tertiary/aromatic N) is 3. The van der Waals surface area contributed by atoms with E-state index in [2.05, 4.69) is 15.2 Å². The summed E-state index contributed by atoms with van der Waals surface area (Å²) in [4.78, 5) is 20.0. The standard InChI is InChI=1S/C18H26F2N4O2.HI/c1-3-21-17(22-8-7-14-5-6-15(19)13-16(14)20)23-9-11-24(12-10-23)18(25)26-4-2;/h5-6,13H,3-4,7-12H2,1-2H3,(H,21,22);1H. The Balaban J connectivity index is 0.00000364. The molecule has 0 unspecified atom stereocenters. The van der Waals surface area contributed by atoms with Gasteiger partial charge >= 0.3 is 6.09 Å². The number of aliphatic imine (C=N–C) groups is 1. The first kappa shape index (κ1) is 23.4. The van der Waals surface area contributed by atoms with E-state index in [1.807, 2.05) is 6.92 Å². The van der Waals surface area contributed by atoms with Crippen molar-refractivity contribution in [2.75, 3.05) is 45.9 Å². The van der Waals surface area contributed by atoms with Crippen molar-refractivity contribution in [1.29, 1.82) is 0 Å². The summed E-state index contributed by atoms with van der Waals surface area (Å²) in [6, 6.07) is 3.59. The van der Waals surface area contributed by atoms with Crippen molar-refractivity contribution in [2.45, 2.75) is 20.3 Å². The molecule has 152 valence electrons. The number of amides is 1. The predicted molar refractivity (Wildman–Crippen MR) is 112 cm³/mol. The molecule has 0 radical (unpaired) electrons. The van der Waals surface area contributed by atoms with Gasteiger partial charge in [-0.1, -0.05) is 6.07 Å². The molecule has 6 nitrogen and oxygen atoms in total. The molecule has 1 aromatic rings. The first-order valence-corrected chi connectivity index (χ1v) is 8.94. The summed E-state index contributed by atoms with van der Waals surface area (Å²) in [6.07, 6.45) is 0.102. The Hall–Kier alpha value is -1.65. The zero-order valence-corrected chi connectivity index (χ0v) is 18.0. The highest BCUT2D eigenvalue weighted by Crippen LogP contribution is 2.10. The van der Waals surface area contributed by atoms with E-state index in [0.29, 0.717) is 57.9 Å². The van der Waals surface area contributed by atoms with E-state index >= 15 is 0 Å². The SMILES string of the molecule is CCNC(=NCCc1ccc(F)cc1F)N1CCN(C(=O)OCC)CC1.I. The number of hydrogen-bond acceptors (Lipinski definition) is 3. The van der Waals surface area contributed by atoms with Gasteiger partial charge in [0.1, 0.15) is 11.6 Å². The van der Waals surface area contributed by atoms with Gasteiger partial charge in [-0.15, -0.1) is 24.0 Å². The van der Waals surface area contributed by atoms with E-state index in [0.717, 1.165) is 12.0 Å². The minimum absolute atomic E-state index is 0. The van der Waals surface area contributed by atoms with Crippen molar-refractivity contribution in [1.82, 2.24) is 15.1 Å². The normalized spacial score (nSPS) is 14.6. The van der Waals surface area contributed by atoms with Crippen LogP contribution in [-0.2, 0) is 11.2 Å². The van der Waals surface area contributed by atoms with Crippen LogP contribution in [0.3, 0.4) is 0 Å². The average molecular weight is 496 g/mol. The van der Waals surface area contributed by atoms with Crippen molar-refractivity contribution < 1.29 is 18.3 Å². The van der Waals surface area contributed by atoms with Crippen LogP contribution >= 0.6 is 24.0 Å². The number of rotatable bonds is 5. The van der Waals surface area contributed by atoms with Gasteiger partial charge in [-0.25, -0.2) is 13.6 Å². The number of hydrogen-bond donors (Lipinski definition) is 1. The maximum Gasteiger partial charge on any atom is 0.409 e. The number of carbonyl (C=O) groups excluding carboxylic acids is 1. The summed E-state index contributed by atoms with van der Waals surface area (Å²) >= 11 is 0. The number of nitrogens with one attached hydrogen (secondary N) is 1. The van der Waals surface area contributed by atoms with Gasteiger partial charge in [0.15, 0.2) is 5.96 Å². The Bertz CT molecular complexity index is 638. The molecule has 1 amide bonds. The van der Waals surface area contributed by atoms with E-state index < -0.39 is 11.6 Å². The Morgan fingerprint density at radius 3 is 2.44 bits per heavy atom. The van der Waals surface area contributed by atoms with Crippen LogP contribution < -0.4 is 5.32 Å². The van der Waals surface area contributed by atoms with Crippen molar-refractivity contribution in [3.05, 3.63) is 35.4 Å². The number of piperazine rings is 1. The molecule has 1 N–H and O–H groups in total. The zero-order chi connectivity index (χ0) is 18.9. The molecular weight excluding hydrogens is 469 g/mol. The van der Waals surface area contributed by atoms with Gasteiger partial charge in [-0.05, 0) is 31.9 Å². The van der Waals surface area contributed by atoms with Gasteiger partial charge in [-0.2, -0.15) is 0 Å². The van der Waals surface area contributed by atoms with Crippen LogP contribution in [-0.4, -0.2) is 67.7 Å². The molecule has 0 bridgehead atoms. The highest BCUT2D eigenvalue weighted by molar-refractivity contribution is 14.0. The predicted octanol–water partition coefficient (Wildman–Crippen LogP) is 2.86. The Morgan fingerprint density at radius 2 is 1.85 bits per heavy atom. The molecule has 0 aliphatic carbocycles. The van der Waals surface area contributed by atoms with Crippen LogP contribution in [0.15, 0.2) is 23.2 Å². The molecule has 27 heavy (non-hydrogen) atoms. The largest absolute Gasteiger partial charge is 0.450 e. The lowest BCUT2D eigenvalue weighted by molar-refractivity contribution is 0.0914. The topological polar surface area (TPSA) is 57.2 Å². The third kappa shape index (κ3) is 7.11. The van der Waals surface area contributed by atoms with Gasteiger partial charge in [0, 0.05) is 45.3 Å². The summed E-state index contributed by atoms with van der Waals surface area (Å²) in [5, 5.41) is 3.22. The monoisotopic (exact) mass is 496 g/mol. The Morgan fingerprint density at radius 1 is 1.19 bits per heavy atom. The average Bonchev–Trinajstić information content (AvgIpc) is 2.63. The third-order valence-electron chi connectivity index (χ3n) is 4.10. The van der Waals surface area contributed by atoms with Gasteiger partial charge in [0.25, 0.3) is 0 Å². The van der Waals surface area contributed by atoms with Gasteiger partial charge < -0.3 is 19.9 Å². The van der Waals surface area contributed by atoms with Crippen molar-refractivity contribution in [2.24, 2.45) is 4.99 Å². The second-order valence-corrected chi connectivity index (χ2v) is 5.89. The molecular formula is C18H27F2IN4O2. The Labute approximate surface area is 176 Å². The minimum atomic E-state index is -0.581. The molecule has 0 spiro atoms. The molecule has 1 heterocycles. The van der Waals surface area contributed by atoms with Crippen LogP contribution in [0.4, 0.5) is 13.6 Å². The molecule has 9 heteroatoms. The Kier molecular flexibility index (Phi) is 10.3. The van der Waals surface area contributed by atoms with Crippen LogP contribution in [0.2, 0.25) is 0 Å². The van der Waals surface area contributed by atoms with Crippen LogP contribution in [0.5, 0.6) is 0 Å². The smallest absolute Gasteiger partial charge is 0.409 e. The first-order chi connectivity index (χ1) is 12.5. The lowest BCUT2D eigenvalue weighted by Gasteiger charge is -2.35. The highest BCUT2D eigenvalue weighted by Gasteiger charge is 2.23. The summed E-state index contributed by atoms with van der Waals surface area (Å²) in [5.41, 5.74) is 0.443. The van der Waals surface area contributed by atoms with Crippen molar-refractivity contribution >= 4 is 36.0 Å². The molecule has 1 aliphatic rings. The van der Waals surface area contributed by atoms with Crippen LogP contribution in [0.1, 0.15) is 19.4 Å². The first-order valence-electron chi connectivity index (χ1n) is 8.94. The summed E-state index contributed by atoms with van der Waals surface area (Å²) < 4.78 is 31.7. The maximum absolute atomic E-state index is 13.7. The lowest BCUT2D eigenvalue weighted by atomic mass is 10.1. The lowest BCUT2D eigenvalue weighted by Crippen LogP contribution is -2.54. The number of halogens is 3. The molecule has 0 saturated carbocycles. The fourth-order valence-corrected chi connectivity index (χ4v) is 2.75. The van der Waals surface area contributed by atoms with E-state index in [1.165, 1.54) is 12.1 Å². The number of guanidine groups is 1. The molecule has 1 aliphatic heterocycles. The molecule has 1 fully saturated rings. The molecule has 1 aromatic carbocycles. The molecule has 0 atom stereocenters. The van der Waals surface area contributed by atoms with E-state index in [9.17, 15) is 13.6 Å². The van der Waals surface area contributed by atoms with Crippen molar-refractivity contribution in [3.8, 4) is 0 Å². The second-order valence-electron chi connectivity index (χ2n) is 5.89. The zero-order valence-electron chi connectivity index (χ0n) is 15.7. The van der Waals surface area contributed by atoms with E-state index in [1.54, 1.807) is 11.8 Å². The number of benzene rings is 1. The summed E-state index contributed by atoms with van der Waals surface area (Å²) in [6.45, 7) is 7.66. The second kappa shape index (κ2) is 11.9. The maximum atomic E-state index is 13.7. The van der Waals surface area contributed by atoms with E-state index in [4.69, 9.17) is 4.74 Å². The fourth-order valence-electron chi connectivity index (χ4n) is 2.75. The fraction of sp³-hybridized carbons (Fsp3) is 0.556. The highest BCUT2D eigenvalue weighted by atomic mass is 127. The van der Waals surface area contributed by atoms with Crippen molar-refractivity contribution in [3.63, 3.8) is 0 Å². The van der Waals surface area contributed by atoms with Crippen LogP contribution in [0, 0.1) is 11.6 Å². The third-order valence-corrected chi connectivity index (χ3v) is 4.10. The molecule has 1 saturated heterocycles. The van der Waals surface area contributed by atoms with E-state index in [-0.39, 0.29) is 30.1 Å². The van der Waals surface area contributed by atoms with Gasteiger partial charge in [0.2, 0.25) is 0 Å². The van der Waals surface area contributed by atoms with Gasteiger partial charge in [0.05, 0.1) is 6.61 Å². The summed E-state index contributed by atoms with van der Waals surface area (Å²) in [5.74, 6) is -0.394. The number of ether oxygens (including phenoxy) is 1. The summed E-state index contributed by atoms with van der Waals surface area (Å²) in [7, 11) is 0. The minimum Gasteiger partial charge on any atom is -0.450 e. The quantitative estimate of drug-likeness (QED) is 0.387. The molecule has 2 rings (SSSR count). The number of carbonyl (C=O) groups is 1. The van der Waals surface area contributed by atoms with Gasteiger partial charge in [-0.3, -0.25) is 4.99 Å².